The first-order valence-corrected chi connectivity index (χ1v) is 8.52. The molecule has 28 heavy (non-hydrogen) atoms. The van der Waals surface area contributed by atoms with Gasteiger partial charge in [-0.15, -0.1) is 0 Å². The van der Waals surface area contributed by atoms with Crippen molar-refractivity contribution in [1.29, 1.82) is 0 Å². The van der Waals surface area contributed by atoms with E-state index in [4.69, 9.17) is 0 Å². The molecule has 7 nitrogen and oxygen atoms in total. The van der Waals surface area contributed by atoms with Gasteiger partial charge in [-0.3, -0.25) is 19.3 Å². The zero-order valence-electron chi connectivity index (χ0n) is 14.8. The number of hydrogen-bond acceptors (Lipinski definition) is 4. The molecule has 2 heterocycles. The van der Waals surface area contributed by atoms with E-state index < -0.39 is 22.8 Å². The highest BCUT2D eigenvalue weighted by Gasteiger charge is 2.30. The molecule has 140 valence electrons. The number of anilines is 2. The SMILES string of the molecule is Cc1cc(=O)c(C(=O)N2CC(=O)Nc3ccccc32)nn1-c1ccccc1F. The van der Waals surface area contributed by atoms with E-state index in [0.29, 0.717) is 17.1 Å². The standard InChI is InChI=1S/C20H15FN4O3/c1-12-10-17(26)19(23-25(12)15-8-4-2-6-13(15)21)20(28)24-11-18(27)22-14-7-3-5-9-16(14)24/h2-10H,11H2,1H3,(H,22,27). The van der Waals surface area contributed by atoms with Gasteiger partial charge in [-0.1, -0.05) is 24.3 Å². The molecule has 0 saturated carbocycles. The number of carbonyl (C=O) groups is 2. The van der Waals surface area contributed by atoms with Crippen molar-refractivity contribution in [2.45, 2.75) is 6.92 Å². The number of rotatable bonds is 2. The molecule has 0 aliphatic carbocycles. The predicted molar refractivity (Wildman–Crippen MR) is 101 cm³/mol. The molecule has 0 radical (unpaired) electrons. The third kappa shape index (κ3) is 2.94. The lowest BCUT2D eigenvalue weighted by Crippen LogP contribution is -2.44. The maximum absolute atomic E-state index is 14.2. The van der Waals surface area contributed by atoms with Crippen molar-refractivity contribution in [3.8, 4) is 5.69 Å². The van der Waals surface area contributed by atoms with E-state index in [0.717, 1.165) is 0 Å². The largest absolute Gasteiger partial charge is 0.323 e. The van der Waals surface area contributed by atoms with Crippen molar-refractivity contribution in [3.63, 3.8) is 0 Å². The number of para-hydroxylation sites is 3. The number of halogens is 1. The monoisotopic (exact) mass is 378 g/mol. The van der Waals surface area contributed by atoms with Gasteiger partial charge in [0.25, 0.3) is 5.91 Å². The normalized spacial score (nSPS) is 13.1. The summed E-state index contributed by atoms with van der Waals surface area (Å²) in [5.41, 5.74) is 0.436. The third-order valence-corrected chi connectivity index (χ3v) is 4.41. The van der Waals surface area contributed by atoms with Gasteiger partial charge in [0.1, 0.15) is 18.0 Å². The van der Waals surface area contributed by atoms with Crippen LogP contribution in [-0.4, -0.2) is 28.1 Å². The minimum atomic E-state index is -0.725. The number of amides is 2. The maximum Gasteiger partial charge on any atom is 0.283 e. The van der Waals surface area contributed by atoms with Gasteiger partial charge in [-0.25, -0.2) is 9.07 Å². The summed E-state index contributed by atoms with van der Waals surface area (Å²) in [7, 11) is 0. The van der Waals surface area contributed by atoms with Crippen LogP contribution in [0, 0.1) is 12.7 Å². The Kier molecular flexibility index (Phi) is 4.23. The summed E-state index contributed by atoms with van der Waals surface area (Å²) >= 11 is 0. The summed E-state index contributed by atoms with van der Waals surface area (Å²) in [6.45, 7) is 1.35. The number of hydrogen-bond donors (Lipinski definition) is 1. The quantitative estimate of drug-likeness (QED) is 0.742. The fraction of sp³-hybridized carbons (Fsp3) is 0.100. The minimum absolute atomic E-state index is 0.117. The molecule has 4 rings (SSSR count). The van der Waals surface area contributed by atoms with Crippen LogP contribution in [0.15, 0.2) is 59.4 Å². The molecule has 0 atom stereocenters. The fourth-order valence-electron chi connectivity index (χ4n) is 3.11. The number of aryl methyl sites for hydroxylation is 1. The fourth-order valence-corrected chi connectivity index (χ4v) is 3.11. The van der Waals surface area contributed by atoms with E-state index in [2.05, 4.69) is 10.4 Å². The molecule has 1 aliphatic rings. The molecule has 0 fully saturated rings. The third-order valence-electron chi connectivity index (χ3n) is 4.41. The van der Waals surface area contributed by atoms with Crippen molar-refractivity contribution < 1.29 is 14.0 Å². The Morgan fingerprint density at radius 2 is 1.75 bits per heavy atom. The van der Waals surface area contributed by atoms with Gasteiger partial charge in [0, 0.05) is 11.8 Å². The zero-order valence-corrected chi connectivity index (χ0v) is 14.8. The molecule has 2 aromatic carbocycles. The number of nitrogens with zero attached hydrogens (tertiary/aromatic N) is 3. The van der Waals surface area contributed by atoms with Gasteiger partial charge in [0.15, 0.2) is 5.69 Å². The van der Waals surface area contributed by atoms with Gasteiger partial charge in [-0.05, 0) is 31.2 Å². The average molecular weight is 378 g/mol. The predicted octanol–water partition coefficient (Wildman–Crippen LogP) is 2.28. The van der Waals surface area contributed by atoms with Crippen molar-refractivity contribution >= 4 is 23.2 Å². The number of benzene rings is 2. The van der Waals surface area contributed by atoms with Gasteiger partial charge < -0.3 is 5.32 Å². The van der Waals surface area contributed by atoms with Crippen LogP contribution in [0.25, 0.3) is 5.69 Å². The molecule has 0 spiro atoms. The molecule has 1 aromatic heterocycles. The maximum atomic E-state index is 14.2. The highest BCUT2D eigenvalue weighted by Crippen LogP contribution is 2.29. The number of carbonyl (C=O) groups excluding carboxylic acids is 2. The van der Waals surface area contributed by atoms with E-state index in [9.17, 15) is 18.8 Å². The Morgan fingerprint density at radius 3 is 2.50 bits per heavy atom. The van der Waals surface area contributed by atoms with E-state index in [1.54, 1.807) is 37.3 Å². The smallest absolute Gasteiger partial charge is 0.283 e. The van der Waals surface area contributed by atoms with Crippen LogP contribution in [0.4, 0.5) is 15.8 Å². The van der Waals surface area contributed by atoms with Crippen LogP contribution in [0.5, 0.6) is 0 Å². The lowest BCUT2D eigenvalue weighted by molar-refractivity contribution is -0.115. The second-order valence-corrected chi connectivity index (χ2v) is 6.32. The van der Waals surface area contributed by atoms with Crippen LogP contribution in [0.2, 0.25) is 0 Å². The summed E-state index contributed by atoms with van der Waals surface area (Å²) in [5.74, 6) is -1.64. The topological polar surface area (TPSA) is 84.3 Å². The highest BCUT2D eigenvalue weighted by molar-refractivity contribution is 6.14. The molecule has 0 saturated heterocycles. The van der Waals surface area contributed by atoms with Gasteiger partial charge in [0.2, 0.25) is 11.3 Å². The van der Waals surface area contributed by atoms with Crippen LogP contribution < -0.4 is 15.6 Å². The first-order chi connectivity index (χ1) is 13.5. The molecule has 2 amide bonds. The molecule has 1 aliphatic heterocycles. The summed E-state index contributed by atoms with van der Waals surface area (Å²) in [4.78, 5) is 38.7. The van der Waals surface area contributed by atoms with E-state index >= 15 is 0 Å². The summed E-state index contributed by atoms with van der Waals surface area (Å²) in [6, 6.07) is 13.9. The Balaban J connectivity index is 1.83. The van der Waals surface area contributed by atoms with Crippen LogP contribution in [0.3, 0.4) is 0 Å². The molecular formula is C20H15FN4O3. The number of nitrogens with one attached hydrogen (secondary N) is 1. The first-order valence-electron chi connectivity index (χ1n) is 8.52. The van der Waals surface area contributed by atoms with Crippen molar-refractivity contribution in [2.24, 2.45) is 0 Å². The van der Waals surface area contributed by atoms with Crippen molar-refractivity contribution in [2.75, 3.05) is 16.8 Å². The number of fused-ring (bicyclic) bond motifs is 1. The molecule has 0 unspecified atom stereocenters. The lowest BCUT2D eigenvalue weighted by Gasteiger charge is -2.28. The van der Waals surface area contributed by atoms with E-state index in [1.807, 2.05) is 0 Å². The Morgan fingerprint density at radius 1 is 1.07 bits per heavy atom. The molecule has 0 bridgehead atoms. The van der Waals surface area contributed by atoms with E-state index in [-0.39, 0.29) is 18.1 Å². The number of aromatic nitrogens is 2. The van der Waals surface area contributed by atoms with Crippen LogP contribution in [-0.2, 0) is 4.79 Å². The lowest BCUT2D eigenvalue weighted by atomic mass is 10.1. The zero-order chi connectivity index (χ0) is 19.8. The highest BCUT2D eigenvalue weighted by atomic mass is 19.1. The second kappa shape index (κ2) is 6.73. The Bertz CT molecular complexity index is 1170. The first kappa shape index (κ1) is 17.6. The van der Waals surface area contributed by atoms with Crippen molar-refractivity contribution in [1.82, 2.24) is 9.78 Å². The van der Waals surface area contributed by atoms with Gasteiger partial charge in [0.05, 0.1) is 11.4 Å². The summed E-state index contributed by atoms with van der Waals surface area (Å²) in [6.07, 6.45) is 0. The van der Waals surface area contributed by atoms with Crippen LogP contribution in [0.1, 0.15) is 16.2 Å². The van der Waals surface area contributed by atoms with E-state index in [1.165, 1.54) is 33.8 Å². The second-order valence-electron chi connectivity index (χ2n) is 6.32. The molecule has 1 N–H and O–H groups in total. The molecular weight excluding hydrogens is 363 g/mol. The molecule has 8 heteroatoms. The minimum Gasteiger partial charge on any atom is -0.323 e. The average Bonchev–Trinajstić information content (AvgIpc) is 2.68. The Hall–Kier alpha value is -3.81. The van der Waals surface area contributed by atoms with Crippen LogP contribution >= 0.6 is 0 Å². The summed E-state index contributed by atoms with van der Waals surface area (Å²) in [5, 5.41) is 6.80. The summed E-state index contributed by atoms with van der Waals surface area (Å²) < 4.78 is 15.4. The van der Waals surface area contributed by atoms with Gasteiger partial charge in [-0.2, -0.15) is 5.10 Å². The molecule has 3 aromatic rings. The van der Waals surface area contributed by atoms with Crippen molar-refractivity contribution in [3.05, 3.63) is 82.0 Å². The Labute approximate surface area is 159 Å². The van der Waals surface area contributed by atoms with Gasteiger partial charge >= 0.3 is 0 Å².